The van der Waals surface area contributed by atoms with Crippen LogP contribution in [0.15, 0.2) is 29.3 Å². The number of rotatable bonds is 9. The van der Waals surface area contributed by atoms with Crippen LogP contribution in [-0.2, 0) is 11.2 Å². The van der Waals surface area contributed by atoms with Crippen molar-refractivity contribution < 1.29 is 9.13 Å². The van der Waals surface area contributed by atoms with Gasteiger partial charge in [-0.3, -0.25) is 4.99 Å². The van der Waals surface area contributed by atoms with Crippen molar-refractivity contribution in [3.8, 4) is 0 Å². The summed E-state index contributed by atoms with van der Waals surface area (Å²) in [4.78, 5) is 4.17. The van der Waals surface area contributed by atoms with Gasteiger partial charge in [0, 0.05) is 33.9 Å². The van der Waals surface area contributed by atoms with E-state index in [4.69, 9.17) is 4.74 Å². The van der Waals surface area contributed by atoms with Crippen LogP contribution < -0.4 is 10.6 Å². The van der Waals surface area contributed by atoms with Gasteiger partial charge in [0.2, 0.25) is 0 Å². The Morgan fingerprint density at radius 3 is 2.71 bits per heavy atom. The Morgan fingerprint density at radius 1 is 1.19 bits per heavy atom. The number of nitrogens with one attached hydrogen (secondary N) is 2. The minimum absolute atomic E-state index is 0.189. The molecule has 0 fully saturated rings. The molecule has 4 nitrogen and oxygen atoms in total. The molecule has 1 rings (SSSR count). The summed E-state index contributed by atoms with van der Waals surface area (Å²) in [6.07, 6.45) is 4.09. The van der Waals surface area contributed by atoms with Crippen LogP contribution in [0.1, 0.15) is 24.8 Å². The van der Waals surface area contributed by atoms with Crippen LogP contribution in [0.2, 0.25) is 0 Å². The first-order valence-corrected chi connectivity index (χ1v) is 7.44. The lowest BCUT2D eigenvalue weighted by Gasteiger charge is -2.11. The number of benzene rings is 1. The molecule has 2 N–H and O–H groups in total. The van der Waals surface area contributed by atoms with E-state index in [9.17, 15) is 4.39 Å². The Hall–Kier alpha value is -1.62. The van der Waals surface area contributed by atoms with Gasteiger partial charge in [0.15, 0.2) is 5.96 Å². The van der Waals surface area contributed by atoms with Crippen LogP contribution in [-0.4, -0.2) is 39.8 Å². The van der Waals surface area contributed by atoms with E-state index in [2.05, 4.69) is 15.6 Å². The highest BCUT2D eigenvalue weighted by molar-refractivity contribution is 5.79. The van der Waals surface area contributed by atoms with E-state index in [1.807, 2.05) is 6.07 Å². The van der Waals surface area contributed by atoms with Gasteiger partial charge in [-0.1, -0.05) is 12.1 Å². The molecule has 0 unspecified atom stereocenters. The fourth-order valence-corrected chi connectivity index (χ4v) is 1.99. The number of hydrogen-bond donors (Lipinski definition) is 2. The second-order valence-corrected chi connectivity index (χ2v) is 4.86. The maximum absolute atomic E-state index is 13.0. The van der Waals surface area contributed by atoms with Crippen molar-refractivity contribution in [3.05, 3.63) is 35.6 Å². The maximum Gasteiger partial charge on any atom is 0.190 e. The minimum atomic E-state index is -0.189. The van der Waals surface area contributed by atoms with Crippen LogP contribution in [0.4, 0.5) is 4.39 Å². The van der Waals surface area contributed by atoms with E-state index in [1.54, 1.807) is 26.3 Å². The third-order valence-electron chi connectivity index (χ3n) is 3.14. The molecule has 0 aliphatic heterocycles. The molecule has 0 saturated carbocycles. The van der Waals surface area contributed by atoms with Gasteiger partial charge < -0.3 is 15.4 Å². The van der Waals surface area contributed by atoms with Crippen LogP contribution >= 0.6 is 0 Å². The molecule has 0 bridgehead atoms. The van der Waals surface area contributed by atoms with E-state index < -0.39 is 0 Å². The van der Waals surface area contributed by atoms with Crippen molar-refractivity contribution in [2.75, 3.05) is 33.9 Å². The lowest BCUT2D eigenvalue weighted by atomic mass is 10.1. The van der Waals surface area contributed by atoms with Crippen molar-refractivity contribution in [2.24, 2.45) is 4.99 Å². The number of methoxy groups -OCH3 is 1. The zero-order valence-electron chi connectivity index (χ0n) is 13.0. The number of halogens is 1. The Balaban J connectivity index is 2.14. The molecule has 0 saturated heterocycles. The van der Waals surface area contributed by atoms with Gasteiger partial charge in [-0.05, 0) is 43.4 Å². The van der Waals surface area contributed by atoms with Gasteiger partial charge in [-0.2, -0.15) is 0 Å². The summed E-state index contributed by atoms with van der Waals surface area (Å²) in [5.74, 6) is 0.601. The van der Waals surface area contributed by atoms with Crippen LogP contribution in [0.3, 0.4) is 0 Å². The van der Waals surface area contributed by atoms with Crippen molar-refractivity contribution >= 4 is 5.96 Å². The van der Waals surface area contributed by atoms with Gasteiger partial charge in [0.25, 0.3) is 0 Å². The van der Waals surface area contributed by atoms with Crippen LogP contribution in [0.25, 0.3) is 0 Å². The molecule has 0 aliphatic rings. The average Bonchev–Trinajstić information content (AvgIpc) is 2.49. The lowest BCUT2D eigenvalue weighted by Crippen LogP contribution is -2.38. The third kappa shape index (κ3) is 8.30. The number of unbranched alkanes of at least 4 members (excludes halogenated alkanes) is 2. The summed E-state index contributed by atoms with van der Waals surface area (Å²) in [6, 6.07) is 6.68. The Kier molecular flexibility index (Phi) is 9.20. The predicted molar refractivity (Wildman–Crippen MR) is 85.2 cm³/mol. The number of ether oxygens (including phenoxy) is 1. The van der Waals surface area contributed by atoms with Crippen LogP contribution in [0.5, 0.6) is 0 Å². The SMILES string of the molecule is CN=C(NCCCCCOC)NCCc1cccc(F)c1. The highest BCUT2D eigenvalue weighted by atomic mass is 19.1. The minimum Gasteiger partial charge on any atom is -0.385 e. The second-order valence-electron chi connectivity index (χ2n) is 4.86. The van der Waals surface area contributed by atoms with Gasteiger partial charge in [-0.15, -0.1) is 0 Å². The predicted octanol–water partition coefficient (Wildman–Crippen LogP) is 2.35. The fraction of sp³-hybridized carbons (Fsp3) is 0.562. The summed E-state index contributed by atoms with van der Waals surface area (Å²) < 4.78 is 18.1. The Labute approximate surface area is 126 Å². The van der Waals surface area contributed by atoms with Crippen molar-refractivity contribution in [3.63, 3.8) is 0 Å². The largest absolute Gasteiger partial charge is 0.385 e. The molecule has 0 amide bonds. The number of nitrogens with zero attached hydrogens (tertiary/aromatic N) is 1. The third-order valence-corrected chi connectivity index (χ3v) is 3.14. The molecule has 0 aromatic heterocycles. The van der Waals surface area contributed by atoms with Crippen molar-refractivity contribution in [2.45, 2.75) is 25.7 Å². The first-order valence-electron chi connectivity index (χ1n) is 7.44. The van der Waals surface area contributed by atoms with Gasteiger partial charge in [-0.25, -0.2) is 4.39 Å². The van der Waals surface area contributed by atoms with E-state index in [0.717, 1.165) is 56.9 Å². The normalized spacial score (nSPS) is 11.5. The second kappa shape index (κ2) is 11.1. The molecule has 21 heavy (non-hydrogen) atoms. The molecule has 0 spiro atoms. The Bertz CT molecular complexity index is 424. The first-order chi connectivity index (χ1) is 10.3. The molecule has 1 aromatic rings. The lowest BCUT2D eigenvalue weighted by molar-refractivity contribution is 0.192. The summed E-state index contributed by atoms with van der Waals surface area (Å²) in [6.45, 7) is 2.44. The molecule has 0 radical (unpaired) electrons. The van der Waals surface area contributed by atoms with Gasteiger partial charge >= 0.3 is 0 Å². The number of guanidine groups is 1. The fourth-order valence-electron chi connectivity index (χ4n) is 1.99. The summed E-state index contributed by atoms with van der Waals surface area (Å²) in [5, 5.41) is 6.50. The summed E-state index contributed by atoms with van der Waals surface area (Å²) in [5.41, 5.74) is 0.984. The number of hydrogen-bond acceptors (Lipinski definition) is 2. The molecule has 1 aromatic carbocycles. The molecular formula is C16H26FN3O. The summed E-state index contributed by atoms with van der Waals surface area (Å²) in [7, 11) is 3.48. The standard InChI is InChI=1S/C16H26FN3O/c1-18-16(19-10-4-3-5-12-21-2)20-11-9-14-7-6-8-15(17)13-14/h6-8,13H,3-5,9-12H2,1-2H3,(H2,18,19,20). The maximum atomic E-state index is 13.0. The number of aliphatic imine (C=N–C) groups is 1. The quantitative estimate of drug-likeness (QED) is 0.417. The summed E-state index contributed by atoms with van der Waals surface area (Å²) >= 11 is 0. The van der Waals surface area contributed by atoms with Crippen molar-refractivity contribution in [1.29, 1.82) is 0 Å². The van der Waals surface area contributed by atoms with E-state index in [-0.39, 0.29) is 5.82 Å². The highest BCUT2D eigenvalue weighted by Crippen LogP contribution is 2.03. The molecule has 118 valence electrons. The van der Waals surface area contributed by atoms with Gasteiger partial charge in [0.05, 0.1) is 0 Å². The zero-order chi connectivity index (χ0) is 15.3. The molecule has 5 heteroatoms. The molecule has 0 aliphatic carbocycles. The highest BCUT2D eigenvalue weighted by Gasteiger charge is 1.99. The van der Waals surface area contributed by atoms with E-state index in [0.29, 0.717) is 0 Å². The Morgan fingerprint density at radius 2 is 2.00 bits per heavy atom. The molecule has 0 heterocycles. The van der Waals surface area contributed by atoms with E-state index in [1.165, 1.54) is 6.07 Å². The average molecular weight is 295 g/mol. The zero-order valence-corrected chi connectivity index (χ0v) is 13.0. The smallest absolute Gasteiger partial charge is 0.190 e. The molecule has 0 atom stereocenters. The molecular weight excluding hydrogens is 269 g/mol. The topological polar surface area (TPSA) is 45.7 Å². The van der Waals surface area contributed by atoms with E-state index >= 15 is 0 Å². The monoisotopic (exact) mass is 295 g/mol. The van der Waals surface area contributed by atoms with Crippen molar-refractivity contribution in [1.82, 2.24) is 10.6 Å². The van der Waals surface area contributed by atoms with Gasteiger partial charge in [0.1, 0.15) is 5.82 Å². The first kappa shape index (κ1) is 17.4. The van der Waals surface area contributed by atoms with Crippen LogP contribution in [0, 0.1) is 5.82 Å².